The molecule has 0 bridgehead atoms. The van der Waals surface area contributed by atoms with Gasteiger partial charge >= 0.3 is 0 Å². The predicted octanol–water partition coefficient (Wildman–Crippen LogP) is 16.1. The van der Waals surface area contributed by atoms with Crippen LogP contribution in [0.2, 0.25) is 0 Å². The summed E-state index contributed by atoms with van der Waals surface area (Å²) in [6.07, 6.45) is 63.8. The van der Waals surface area contributed by atoms with Crippen LogP contribution in [-0.2, 0) is 4.79 Å². The van der Waals surface area contributed by atoms with Crippen molar-refractivity contribution in [1.29, 1.82) is 0 Å². The maximum absolute atomic E-state index is 12.5. The minimum atomic E-state index is -0.661. The zero-order valence-corrected chi connectivity index (χ0v) is 37.9. The summed E-state index contributed by atoms with van der Waals surface area (Å²) < 4.78 is 0. The molecule has 0 saturated heterocycles. The lowest BCUT2D eigenvalue weighted by Crippen LogP contribution is -2.45. The van der Waals surface area contributed by atoms with Gasteiger partial charge in [0.05, 0.1) is 18.8 Å². The normalized spacial score (nSPS) is 13.1. The molecule has 0 aromatic carbocycles. The first-order valence-electron chi connectivity index (χ1n) is 25.2. The van der Waals surface area contributed by atoms with Gasteiger partial charge in [-0.2, -0.15) is 0 Å². The molecule has 0 radical (unpaired) electrons. The number of nitrogens with one attached hydrogen (secondary N) is 1. The molecule has 0 aliphatic carbocycles. The second-order valence-electron chi connectivity index (χ2n) is 17.2. The molecule has 4 heteroatoms. The van der Waals surface area contributed by atoms with Gasteiger partial charge < -0.3 is 15.5 Å². The molecule has 4 nitrogen and oxygen atoms in total. The number of aliphatic hydroxyl groups excluding tert-OH is 2. The summed E-state index contributed by atoms with van der Waals surface area (Å²) in [6, 6.07) is -0.539. The molecule has 2 unspecified atom stereocenters. The van der Waals surface area contributed by atoms with E-state index in [2.05, 4.69) is 55.6 Å². The van der Waals surface area contributed by atoms with Gasteiger partial charge in [-0.3, -0.25) is 4.79 Å². The van der Waals surface area contributed by atoms with Crippen LogP contribution in [0.15, 0.2) is 36.5 Å². The van der Waals surface area contributed by atoms with Crippen molar-refractivity contribution < 1.29 is 15.0 Å². The average Bonchev–Trinajstić information content (AvgIpc) is 3.20. The van der Waals surface area contributed by atoms with Gasteiger partial charge in [0.1, 0.15) is 0 Å². The van der Waals surface area contributed by atoms with Gasteiger partial charge in [-0.15, -0.1) is 0 Å². The van der Waals surface area contributed by atoms with Crippen molar-refractivity contribution in [3.63, 3.8) is 0 Å². The standard InChI is InChI=1S/C52H99NO3/c1-3-5-7-9-11-13-15-17-19-21-23-24-25-26-27-28-30-32-34-36-38-40-42-44-46-48-52(56)53-50(49-54)51(55)47-45-43-41-39-37-35-33-31-29-22-20-18-16-14-12-10-8-6-4-2/h15,17,21,23,25-26,50-51,54-55H,3-14,16,18-20,22,24,27-49H2,1-2H3,(H,53,56)/b17-15-,23-21-,26-25-. The third-order valence-electron chi connectivity index (χ3n) is 11.7. The summed E-state index contributed by atoms with van der Waals surface area (Å²) in [5.41, 5.74) is 0. The molecule has 0 aromatic rings. The van der Waals surface area contributed by atoms with Crippen molar-refractivity contribution in [1.82, 2.24) is 5.32 Å². The van der Waals surface area contributed by atoms with Gasteiger partial charge in [-0.25, -0.2) is 0 Å². The first-order valence-corrected chi connectivity index (χ1v) is 25.2. The number of amides is 1. The number of hydrogen-bond acceptors (Lipinski definition) is 3. The third-order valence-corrected chi connectivity index (χ3v) is 11.7. The van der Waals surface area contributed by atoms with Gasteiger partial charge in [0.2, 0.25) is 5.91 Å². The van der Waals surface area contributed by atoms with E-state index in [0.717, 1.165) is 38.5 Å². The van der Waals surface area contributed by atoms with Crippen molar-refractivity contribution in [2.45, 2.75) is 283 Å². The highest BCUT2D eigenvalue weighted by Gasteiger charge is 2.20. The maximum atomic E-state index is 12.5. The second-order valence-corrected chi connectivity index (χ2v) is 17.2. The lowest BCUT2D eigenvalue weighted by Gasteiger charge is -2.22. The zero-order valence-electron chi connectivity index (χ0n) is 37.9. The molecule has 1 amide bonds. The fourth-order valence-corrected chi connectivity index (χ4v) is 7.78. The highest BCUT2D eigenvalue weighted by molar-refractivity contribution is 5.76. The largest absolute Gasteiger partial charge is 0.394 e. The van der Waals surface area contributed by atoms with Crippen molar-refractivity contribution in [2.75, 3.05) is 6.61 Å². The zero-order chi connectivity index (χ0) is 40.7. The Labute approximate surface area is 351 Å². The number of unbranched alkanes of at least 4 members (excludes halogenated alkanes) is 33. The molecule has 0 spiro atoms. The van der Waals surface area contributed by atoms with Gasteiger partial charge in [0.15, 0.2) is 0 Å². The lowest BCUT2D eigenvalue weighted by atomic mass is 10.0. The van der Waals surface area contributed by atoms with E-state index in [4.69, 9.17) is 0 Å². The quantitative estimate of drug-likeness (QED) is 0.0425. The monoisotopic (exact) mass is 786 g/mol. The van der Waals surface area contributed by atoms with Crippen LogP contribution in [-0.4, -0.2) is 34.9 Å². The van der Waals surface area contributed by atoms with E-state index < -0.39 is 12.1 Å². The van der Waals surface area contributed by atoms with E-state index in [-0.39, 0.29) is 12.5 Å². The molecular weight excluding hydrogens is 687 g/mol. The number of aliphatic hydroxyl groups is 2. The molecule has 56 heavy (non-hydrogen) atoms. The Balaban J connectivity index is 3.50. The predicted molar refractivity (Wildman–Crippen MR) is 248 cm³/mol. The second kappa shape index (κ2) is 48.0. The number of allylic oxidation sites excluding steroid dienone is 6. The van der Waals surface area contributed by atoms with Gasteiger partial charge in [-0.1, -0.05) is 249 Å². The van der Waals surface area contributed by atoms with E-state index in [9.17, 15) is 15.0 Å². The number of rotatable bonds is 46. The molecule has 330 valence electrons. The minimum Gasteiger partial charge on any atom is -0.394 e. The summed E-state index contributed by atoms with van der Waals surface area (Å²) in [7, 11) is 0. The lowest BCUT2D eigenvalue weighted by molar-refractivity contribution is -0.123. The number of hydrogen-bond donors (Lipinski definition) is 3. The highest BCUT2D eigenvalue weighted by atomic mass is 16.3. The van der Waals surface area contributed by atoms with Crippen LogP contribution in [0.3, 0.4) is 0 Å². The Bertz CT molecular complexity index is 851. The molecule has 2 atom stereocenters. The van der Waals surface area contributed by atoms with Crippen LogP contribution < -0.4 is 5.32 Å². The Kier molecular flexibility index (Phi) is 46.8. The van der Waals surface area contributed by atoms with Crippen LogP contribution >= 0.6 is 0 Å². The van der Waals surface area contributed by atoms with Crippen LogP contribution in [0.5, 0.6) is 0 Å². The van der Waals surface area contributed by atoms with Gasteiger partial charge in [0, 0.05) is 6.42 Å². The third kappa shape index (κ3) is 43.7. The molecule has 0 saturated carbocycles. The number of carbonyl (C=O) groups excluding carboxylic acids is 1. The Morgan fingerprint density at radius 2 is 0.732 bits per heavy atom. The summed E-state index contributed by atoms with van der Waals surface area (Å²) in [4.78, 5) is 12.5. The van der Waals surface area contributed by atoms with Crippen LogP contribution in [0, 0.1) is 0 Å². The summed E-state index contributed by atoms with van der Waals surface area (Å²) in [6.45, 7) is 4.36. The summed E-state index contributed by atoms with van der Waals surface area (Å²) >= 11 is 0. The van der Waals surface area contributed by atoms with E-state index in [0.29, 0.717) is 12.8 Å². The average molecular weight is 786 g/mol. The number of carbonyl (C=O) groups is 1. The fraction of sp³-hybridized carbons (Fsp3) is 0.865. The molecule has 0 aromatic heterocycles. The first-order chi connectivity index (χ1) is 27.7. The van der Waals surface area contributed by atoms with Crippen molar-refractivity contribution in [3.05, 3.63) is 36.5 Å². The Hall–Kier alpha value is -1.39. The molecule has 3 N–H and O–H groups in total. The molecule has 0 heterocycles. The van der Waals surface area contributed by atoms with E-state index in [1.165, 1.54) is 205 Å². The molecule has 0 aliphatic rings. The summed E-state index contributed by atoms with van der Waals surface area (Å²) in [5.74, 6) is -0.0333. The van der Waals surface area contributed by atoms with E-state index in [1.807, 2.05) is 0 Å². The van der Waals surface area contributed by atoms with Crippen molar-refractivity contribution in [3.8, 4) is 0 Å². The smallest absolute Gasteiger partial charge is 0.220 e. The molecule has 0 fully saturated rings. The topological polar surface area (TPSA) is 69.6 Å². The van der Waals surface area contributed by atoms with Crippen molar-refractivity contribution in [2.24, 2.45) is 0 Å². The minimum absolute atomic E-state index is 0.0333. The van der Waals surface area contributed by atoms with Gasteiger partial charge in [0.25, 0.3) is 0 Å². The van der Waals surface area contributed by atoms with Crippen LogP contribution in [0.25, 0.3) is 0 Å². The Morgan fingerprint density at radius 1 is 0.429 bits per heavy atom. The highest BCUT2D eigenvalue weighted by Crippen LogP contribution is 2.17. The molecule has 0 rings (SSSR count). The maximum Gasteiger partial charge on any atom is 0.220 e. The van der Waals surface area contributed by atoms with Crippen LogP contribution in [0.1, 0.15) is 271 Å². The molecule has 0 aliphatic heterocycles. The van der Waals surface area contributed by atoms with E-state index >= 15 is 0 Å². The van der Waals surface area contributed by atoms with Crippen molar-refractivity contribution >= 4 is 5.91 Å². The van der Waals surface area contributed by atoms with Gasteiger partial charge in [-0.05, 0) is 51.4 Å². The van der Waals surface area contributed by atoms with E-state index in [1.54, 1.807) is 0 Å². The first kappa shape index (κ1) is 54.6. The van der Waals surface area contributed by atoms with Crippen LogP contribution in [0.4, 0.5) is 0 Å². The summed E-state index contributed by atoms with van der Waals surface area (Å²) in [5, 5.41) is 23.3. The molecular formula is C52H99NO3. The Morgan fingerprint density at radius 3 is 1.09 bits per heavy atom. The SMILES string of the molecule is CCCCCCC/C=C\C/C=C\C/C=C\CCCCCCCCCCCCC(=O)NC(CO)C(O)CCCCCCCCCCCCCCCCCCCCC. The fourth-order valence-electron chi connectivity index (χ4n) is 7.78.